The van der Waals surface area contributed by atoms with E-state index in [1.807, 2.05) is 6.92 Å². The van der Waals surface area contributed by atoms with Crippen molar-refractivity contribution >= 4 is 12.4 Å². The summed E-state index contributed by atoms with van der Waals surface area (Å²) in [5.74, 6) is 0.202. The Morgan fingerprint density at radius 1 is 1.42 bits per heavy atom. The average molecular weight is 197 g/mol. The molecule has 1 saturated heterocycles. The Morgan fingerprint density at radius 3 is 2.50 bits per heavy atom. The lowest BCUT2D eigenvalue weighted by atomic mass is 10.2. The maximum absolute atomic E-state index is 12.1. The van der Waals surface area contributed by atoms with E-state index < -0.39 is 0 Å². The highest BCUT2D eigenvalue weighted by Crippen LogP contribution is 2.01. The van der Waals surface area contributed by atoms with Crippen LogP contribution in [0.4, 0.5) is 4.39 Å². The smallest absolute Gasteiger partial charge is 0.0932 e. The van der Waals surface area contributed by atoms with Crippen LogP contribution in [0.25, 0.3) is 0 Å². The molecule has 1 rings (SSSR count). The van der Waals surface area contributed by atoms with Crippen molar-refractivity contribution in [2.24, 2.45) is 5.92 Å². The van der Waals surface area contributed by atoms with Crippen molar-refractivity contribution in [3.05, 3.63) is 0 Å². The molecule has 1 aliphatic heterocycles. The molecular weight excluding hydrogens is 179 g/mol. The second-order valence-corrected chi connectivity index (χ2v) is 3.31. The van der Waals surface area contributed by atoms with Gasteiger partial charge in [-0.3, -0.25) is 4.39 Å². The first kappa shape index (κ1) is 12.1. The molecule has 1 fully saturated rings. The molecule has 0 amide bonds. The highest BCUT2D eigenvalue weighted by molar-refractivity contribution is 5.85. The molecule has 12 heavy (non-hydrogen) atoms. The minimum absolute atomic E-state index is 0. The lowest BCUT2D eigenvalue weighted by Gasteiger charge is -2.28. The van der Waals surface area contributed by atoms with Crippen LogP contribution in [0.2, 0.25) is 0 Å². The normalized spacial score (nSPS) is 21.5. The van der Waals surface area contributed by atoms with Crippen LogP contribution in [-0.2, 0) is 0 Å². The van der Waals surface area contributed by atoms with Gasteiger partial charge in [0.05, 0.1) is 6.67 Å². The van der Waals surface area contributed by atoms with E-state index in [0.717, 1.165) is 32.7 Å². The maximum Gasteiger partial charge on any atom is 0.0932 e. The maximum atomic E-state index is 12.1. The summed E-state index contributed by atoms with van der Waals surface area (Å²) in [5.41, 5.74) is 0. The summed E-state index contributed by atoms with van der Waals surface area (Å²) in [6.07, 6.45) is 0. The predicted molar refractivity (Wildman–Crippen MR) is 51.7 cm³/mol. The first-order chi connectivity index (χ1) is 5.33. The van der Waals surface area contributed by atoms with Crippen molar-refractivity contribution in [3.63, 3.8) is 0 Å². The van der Waals surface area contributed by atoms with Gasteiger partial charge in [0.2, 0.25) is 0 Å². The summed E-state index contributed by atoms with van der Waals surface area (Å²) in [4.78, 5) is 2.32. The van der Waals surface area contributed by atoms with Crippen molar-refractivity contribution in [2.75, 3.05) is 39.4 Å². The predicted octanol–water partition coefficient (Wildman–Crippen LogP) is 0.919. The number of rotatable bonds is 3. The van der Waals surface area contributed by atoms with Gasteiger partial charge in [-0.2, -0.15) is 0 Å². The summed E-state index contributed by atoms with van der Waals surface area (Å²) in [5, 5.41) is 3.27. The van der Waals surface area contributed by atoms with E-state index in [2.05, 4.69) is 10.2 Å². The summed E-state index contributed by atoms with van der Waals surface area (Å²) < 4.78 is 12.1. The van der Waals surface area contributed by atoms with Gasteiger partial charge in [-0.15, -0.1) is 12.4 Å². The Balaban J connectivity index is 0.00000121. The minimum atomic E-state index is -0.191. The Hall–Kier alpha value is 0.140. The van der Waals surface area contributed by atoms with Gasteiger partial charge in [-0.05, 0) is 5.92 Å². The lowest BCUT2D eigenvalue weighted by Crippen LogP contribution is -2.45. The molecule has 0 bridgehead atoms. The summed E-state index contributed by atoms with van der Waals surface area (Å²) in [6, 6.07) is 0. The number of hydrogen-bond acceptors (Lipinski definition) is 2. The Morgan fingerprint density at radius 2 is 2.00 bits per heavy atom. The molecule has 74 valence electrons. The quantitative estimate of drug-likeness (QED) is 0.723. The van der Waals surface area contributed by atoms with E-state index in [-0.39, 0.29) is 25.0 Å². The van der Waals surface area contributed by atoms with Crippen LogP contribution in [0.1, 0.15) is 6.92 Å². The van der Waals surface area contributed by atoms with Crippen LogP contribution in [0.15, 0.2) is 0 Å². The lowest BCUT2D eigenvalue weighted by molar-refractivity contribution is 0.195. The minimum Gasteiger partial charge on any atom is -0.314 e. The van der Waals surface area contributed by atoms with Gasteiger partial charge in [0.25, 0.3) is 0 Å². The summed E-state index contributed by atoms with van der Waals surface area (Å²) >= 11 is 0. The first-order valence-electron chi connectivity index (χ1n) is 4.32. The fraction of sp³-hybridized carbons (Fsp3) is 1.00. The van der Waals surface area contributed by atoms with Gasteiger partial charge in [-0.25, -0.2) is 0 Å². The van der Waals surface area contributed by atoms with Gasteiger partial charge in [0.1, 0.15) is 0 Å². The molecule has 0 spiro atoms. The SMILES string of the molecule is CC(CF)CN1CCNCC1.Cl. The third-order valence-corrected chi connectivity index (χ3v) is 2.04. The third kappa shape index (κ3) is 4.24. The molecule has 1 heterocycles. The molecule has 0 aromatic rings. The molecule has 0 radical (unpaired) electrons. The van der Waals surface area contributed by atoms with Crippen LogP contribution >= 0.6 is 12.4 Å². The van der Waals surface area contributed by atoms with E-state index in [1.54, 1.807) is 0 Å². The molecular formula is C8H18ClFN2. The molecule has 0 saturated carbocycles. The number of nitrogens with zero attached hydrogens (tertiary/aromatic N) is 1. The van der Waals surface area contributed by atoms with E-state index in [1.165, 1.54) is 0 Å². The van der Waals surface area contributed by atoms with Crippen molar-refractivity contribution in [3.8, 4) is 0 Å². The molecule has 0 aliphatic carbocycles. The Kier molecular flexibility index (Phi) is 6.71. The van der Waals surface area contributed by atoms with Crippen LogP contribution in [0.3, 0.4) is 0 Å². The summed E-state index contributed by atoms with van der Waals surface area (Å²) in [7, 11) is 0. The molecule has 1 aliphatic rings. The van der Waals surface area contributed by atoms with Gasteiger partial charge < -0.3 is 10.2 Å². The molecule has 0 aromatic heterocycles. The molecule has 2 nitrogen and oxygen atoms in total. The zero-order valence-corrected chi connectivity index (χ0v) is 8.37. The van der Waals surface area contributed by atoms with E-state index >= 15 is 0 Å². The van der Waals surface area contributed by atoms with Crippen molar-refractivity contribution in [2.45, 2.75) is 6.92 Å². The third-order valence-electron chi connectivity index (χ3n) is 2.04. The molecule has 1 atom stereocenters. The van der Waals surface area contributed by atoms with Gasteiger partial charge in [0, 0.05) is 32.7 Å². The van der Waals surface area contributed by atoms with Crippen molar-refractivity contribution < 1.29 is 4.39 Å². The molecule has 0 aromatic carbocycles. The largest absolute Gasteiger partial charge is 0.314 e. The zero-order chi connectivity index (χ0) is 8.10. The number of piperazine rings is 1. The van der Waals surface area contributed by atoms with Gasteiger partial charge >= 0.3 is 0 Å². The second kappa shape index (κ2) is 6.63. The highest BCUT2D eigenvalue weighted by atomic mass is 35.5. The van der Waals surface area contributed by atoms with Crippen molar-refractivity contribution in [1.82, 2.24) is 10.2 Å². The molecule has 1 unspecified atom stereocenters. The topological polar surface area (TPSA) is 15.3 Å². The first-order valence-corrected chi connectivity index (χ1v) is 4.32. The fourth-order valence-electron chi connectivity index (χ4n) is 1.38. The number of alkyl halides is 1. The standard InChI is InChI=1S/C8H17FN2.ClH/c1-8(6-9)7-11-4-2-10-3-5-11;/h8,10H,2-7H2,1H3;1H. The van der Waals surface area contributed by atoms with Gasteiger partial charge in [-0.1, -0.05) is 6.92 Å². The van der Waals surface area contributed by atoms with Crippen LogP contribution in [0, 0.1) is 5.92 Å². The zero-order valence-electron chi connectivity index (χ0n) is 7.55. The number of halogens is 2. The second-order valence-electron chi connectivity index (χ2n) is 3.31. The van der Waals surface area contributed by atoms with E-state index in [9.17, 15) is 4.39 Å². The highest BCUT2D eigenvalue weighted by Gasteiger charge is 2.12. The number of nitrogens with one attached hydrogen (secondary N) is 1. The Labute approximate surface area is 79.9 Å². The fourth-order valence-corrected chi connectivity index (χ4v) is 1.38. The number of hydrogen-bond donors (Lipinski definition) is 1. The van der Waals surface area contributed by atoms with Crippen molar-refractivity contribution in [1.29, 1.82) is 0 Å². The van der Waals surface area contributed by atoms with Crippen LogP contribution in [-0.4, -0.2) is 44.3 Å². The average Bonchev–Trinajstić information content (AvgIpc) is 2.06. The van der Waals surface area contributed by atoms with E-state index in [4.69, 9.17) is 0 Å². The molecule has 4 heteroatoms. The van der Waals surface area contributed by atoms with E-state index in [0.29, 0.717) is 0 Å². The van der Waals surface area contributed by atoms with Crippen LogP contribution < -0.4 is 5.32 Å². The summed E-state index contributed by atoms with van der Waals surface area (Å²) in [6.45, 7) is 6.94. The van der Waals surface area contributed by atoms with Gasteiger partial charge in [0.15, 0.2) is 0 Å². The molecule has 1 N–H and O–H groups in total. The monoisotopic (exact) mass is 196 g/mol. The Bertz CT molecular complexity index is 107. The van der Waals surface area contributed by atoms with Crippen LogP contribution in [0.5, 0.6) is 0 Å².